The number of nitrogens with zero attached hydrogens (tertiary/aromatic N) is 1. The molecule has 0 fully saturated rings. The zero-order chi connectivity index (χ0) is 18.4. The van der Waals surface area contributed by atoms with E-state index in [4.69, 9.17) is 14.6 Å². The first kappa shape index (κ1) is 18.9. The van der Waals surface area contributed by atoms with Gasteiger partial charge in [-0.2, -0.15) is 8.78 Å². The molecule has 25 heavy (non-hydrogen) atoms. The van der Waals surface area contributed by atoms with Crippen molar-refractivity contribution in [3.05, 3.63) is 30.0 Å². The maximum atomic E-state index is 14.2. The Labute approximate surface area is 144 Å². The molecule has 0 spiro atoms. The van der Waals surface area contributed by atoms with Gasteiger partial charge in [0.1, 0.15) is 24.2 Å². The summed E-state index contributed by atoms with van der Waals surface area (Å²) in [5, 5.41) is 8.36. The summed E-state index contributed by atoms with van der Waals surface area (Å²) in [6.45, 7) is 2.01. The number of unbranched alkanes of at least 4 members (excludes halogenated alkanes) is 1. The van der Waals surface area contributed by atoms with Crippen LogP contribution in [-0.2, 0) is 9.53 Å². The van der Waals surface area contributed by atoms with Crippen molar-refractivity contribution in [1.29, 1.82) is 5.41 Å². The molecule has 1 aromatic heterocycles. The Bertz CT molecular complexity index is 797. The van der Waals surface area contributed by atoms with E-state index in [2.05, 4.69) is 4.99 Å². The number of hydrogen-bond acceptors (Lipinski definition) is 5. The molecule has 0 aliphatic carbocycles. The van der Waals surface area contributed by atoms with Crippen molar-refractivity contribution in [1.82, 2.24) is 0 Å². The van der Waals surface area contributed by atoms with Gasteiger partial charge in [0.15, 0.2) is 5.76 Å². The van der Waals surface area contributed by atoms with E-state index >= 15 is 0 Å². The molecule has 0 aliphatic heterocycles. The molecule has 1 aromatic carbocycles. The van der Waals surface area contributed by atoms with Crippen LogP contribution in [0.1, 0.15) is 32.4 Å². The highest BCUT2D eigenvalue weighted by atomic mass is 19.3. The van der Waals surface area contributed by atoms with Gasteiger partial charge in [-0.15, -0.1) is 0 Å². The van der Waals surface area contributed by atoms with E-state index in [1.165, 1.54) is 13.8 Å². The number of alkyl halides is 2. The molecule has 0 bridgehead atoms. The normalized spacial score (nSPS) is 12.6. The molecule has 0 radical (unpaired) electrons. The second-order valence-corrected chi connectivity index (χ2v) is 5.66. The van der Waals surface area contributed by atoms with Crippen LogP contribution < -0.4 is 0 Å². The number of aliphatic imine (C=N–C) groups is 1. The molecule has 0 saturated heterocycles. The van der Waals surface area contributed by atoms with Crippen LogP contribution in [0.5, 0.6) is 0 Å². The smallest absolute Gasteiger partial charge is 0.308 e. The number of nitrogens with one attached hydrogen (secondary N) is 1. The highest BCUT2D eigenvalue weighted by Crippen LogP contribution is 2.35. The summed E-state index contributed by atoms with van der Waals surface area (Å²) in [5.74, 6) is -3.09. The number of furan rings is 1. The monoisotopic (exact) mass is 350 g/mol. The molecule has 1 N–H and O–H groups in total. The van der Waals surface area contributed by atoms with Gasteiger partial charge in [0.2, 0.25) is 0 Å². The van der Waals surface area contributed by atoms with Crippen LogP contribution in [0.15, 0.2) is 33.7 Å². The minimum atomic E-state index is -3.26. The molecule has 2 rings (SSSR count). The third-order valence-corrected chi connectivity index (χ3v) is 3.61. The third-order valence-electron chi connectivity index (χ3n) is 3.61. The van der Waals surface area contributed by atoms with Crippen molar-refractivity contribution < 1.29 is 22.7 Å². The van der Waals surface area contributed by atoms with Crippen molar-refractivity contribution >= 4 is 34.4 Å². The molecule has 0 unspecified atom stereocenters. The maximum absolute atomic E-state index is 14.2. The Morgan fingerprint density at radius 3 is 2.76 bits per heavy atom. The number of rotatable bonds is 9. The predicted octanol–water partition coefficient (Wildman–Crippen LogP) is 4.54. The third kappa shape index (κ3) is 4.57. The Hall–Kier alpha value is -2.41. The van der Waals surface area contributed by atoms with E-state index in [1.54, 1.807) is 24.3 Å². The average Bonchev–Trinajstić information content (AvgIpc) is 2.93. The Morgan fingerprint density at radius 1 is 1.36 bits per heavy atom. The van der Waals surface area contributed by atoms with Crippen molar-refractivity contribution in [2.75, 3.05) is 13.2 Å². The van der Waals surface area contributed by atoms with Crippen LogP contribution in [0, 0.1) is 5.41 Å². The van der Waals surface area contributed by atoms with Gasteiger partial charge in [-0.05, 0) is 32.4 Å². The fourth-order valence-electron chi connectivity index (χ4n) is 2.22. The molecular formula is C18H20F2N2O3. The van der Waals surface area contributed by atoms with Crippen LogP contribution in [0.3, 0.4) is 0 Å². The number of benzene rings is 1. The van der Waals surface area contributed by atoms with E-state index in [9.17, 15) is 13.6 Å². The molecule has 0 aliphatic rings. The summed E-state index contributed by atoms with van der Waals surface area (Å²) >= 11 is 0. The largest absolute Gasteiger partial charge is 0.452 e. The number of hydrogen-bond donors (Lipinski definition) is 1. The molecule has 7 heteroatoms. The van der Waals surface area contributed by atoms with Crippen molar-refractivity contribution in [3.63, 3.8) is 0 Å². The second-order valence-electron chi connectivity index (χ2n) is 5.66. The van der Waals surface area contributed by atoms with E-state index in [1.807, 2.05) is 0 Å². The van der Waals surface area contributed by atoms with Gasteiger partial charge in [-0.1, -0.05) is 12.1 Å². The second kappa shape index (κ2) is 8.11. The quantitative estimate of drug-likeness (QED) is 0.410. The van der Waals surface area contributed by atoms with Gasteiger partial charge in [-0.25, -0.2) is 4.99 Å². The lowest BCUT2D eigenvalue weighted by molar-refractivity contribution is -0.108. The number of aldehydes is 1. The average molecular weight is 350 g/mol. The predicted molar refractivity (Wildman–Crippen MR) is 92.5 cm³/mol. The molecule has 0 saturated carbocycles. The van der Waals surface area contributed by atoms with Crippen molar-refractivity contribution in [2.24, 2.45) is 4.99 Å². The van der Waals surface area contributed by atoms with E-state index in [0.29, 0.717) is 17.4 Å². The fraction of sp³-hybridized carbons (Fsp3) is 0.389. The summed E-state index contributed by atoms with van der Waals surface area (Å²) in [7, 11) is 0. The first-order valence-corrected chi connectivity index (χ1v) is 7.89. The Morgan fingerprint density at radius 2 is 2.08 bits per heavy atom. The first-order valence-electron chi connectivity index (χ1n) is 7.89. The summed E-state index contributed by atoms with van der Waals surface area (Å²) in [6.07, 6.45) is 1.40. The molecule has 2 aromatic rings. The summed E-state index contributed by atoms with van der Waals surface area (Å²) in [6, 6.07) is 6.93. The SMILES string of the molecule is CC(=N)c1oc2ccccc2c1N=C(C)C(F)(F)COCCCC=O. The summed E-state index contributed by atoms with van der Waals surface area (Å²) < 4.78 is 39.0. The van der Waals surface area contributed by atoms with Gasteiger partial charge in [0.05, 0.1) is 11.4 Å². The topological polar surface area (TPSA) is 75.7 Å². The Balaban J connectivity index is 2.26. The van der Waals surface area contributed by atoms with Gasteiger partial charge >= 0.3 is 5.92 Å². The number of ether oxygens (including phenoxy) is 1. The lowest BCUT2D eigenvalue weighted by atomic mass is 10.1. The van der Waals surface area contributed by atoms with Crippen LogP contribution in [-0.4, -0.2) is 36.8 Å². The highest BCUT2D eigenvalue weighted by molar-refractivity contribution is 6.08. The number of para-hydroxylation sites is 1. The molecular weight excluding hydrogens is 330 g/mol. The van der Waals surface area contributed by atoms with E-state index in [0.717, 1.165) is 6.29 Å². The van der Waals surface area contributed by atoms with Crippen molar-refractivity contribution in [3.8, 4) is 0 Å². The van der Waals surface area contributed by atoms with Crippen LogP contribution in [0.25, 0.3) is 11.0 Å². The lowest BCUT2D eigenvalue weighted by Crippen LogP contribution is -2.32. The summed E-state index contributed by atoms with van der Waals surface area (Å²) in [5.41, 5.74) is 0.401. The number of fused-ring (bicyclic) bond motifs is 1. The molecule has 0 amide bonds. The minimum absolute atomic E-state index is 0.0844. The zero-order valence-corrected chi connectivity index (χ0v) is 14.1. The standard InChI is InChI=1S/C18H20F2N2O3/c1-12(21)17-16(14-7-3-4-8-15(14)25-17)22-13(2)18(19,20)11-24-10-6-5-9-23/h3-4,7-9,21H,5-6,10-11H2,1-2H3. The zero-order valence-electron chi connectivity index (χ0n) is 14.1. The van der Waals surface area contributed by atoms with Crippen LogP contribution in [0.4, 0.5) is 14.5 Å². The molecule has 1 heterocycles. The van der Waals surface area contributed by atoms with Crippen LogP contribution in [0.2, 0.25) is 0 Å². The highest BCUT2D eigenvalue weighted by Gasteiger charge is 2.34. The minimum Gasteiger partial charge on any atom is -0.452 e. The van der Waals surface area contributed by atoms with E-state index in [-0.39, 0.29) is 30.2 Å². The molecule has 0 atom stereocenters. The van der Waals surface area contributed by atoms with Crippen molar-refractivity contribution in [2.45, 2.75) is 32.6 Å². The van der Waals surface area contributed by atoms with Gasteiger partial charge in [0, 0.05) is 18.4 Å². The van der Waals surface area contributed by atoms with Gasteiger partial charge in [-0.3, -0.25) is 0 Å². The number of carbonyl (C=O) groups is 1. The molecule has 5 nitrogen and oxygen atoms in total. The number of halogens is 2. The lowest BCUT2D eigenvalue weighted by Gasteiger charge is -2.16. The van der Waals surface area contributed by atoms with Crippen LogP contribution >= 0.6 is 0 Å². The summed E-state index contributed by atoms with van der Waals surface area (Å²) in [4.78, 5) is 14.2. The first-order chi connectivity index (χ1) is 11.9. The maximum Gasteiger partial charge on any atom is 0.308 e. The Kier molecular flexibility index (Phi) is 6.14. The van der Waals surface area contributed by atoms with Gasteiger partial charge in [0.25, 0.3) is 0 Å². The molecule has 134 valence electrons. The number of carbonyl (C=O) groups excluding carboxylic acids is 1. The van der Waals surface area contributed by atoms with Gasteiger partial charge < -0.3 is 19.4 Å². The van der Waals surface area contributed by atoms with E-state index < -0.39 is 18.2 Å². The fourth-order valence-corrected chi connectivity index (χ4v) is 2.22.